The molecule has 3 rings (SSSR count). The maximum Gasteiger partial charge on any atom is 0.271 e. The summed E-state index contributed by atoms with van der Waals surface area (Å²) in [6, 6.07) is 11.3. The van der Waals surface area contributed by atoms with Crippen LogP contribution in [0.3, 0.4) is 0 Å². The van der Waals surface area contributed by atoms with Gasteiger partial charge in [0.05, 0.1) is 4.92 Å². The smallest absolute Gasteiger partial charge is 0.271 e. The number of hydrogen-bond acceptors (Lipinski definition) is 6. The van der Waals surface area contributed by atoms with E-state index in [1.54, 1.807) is 6.92 Å². The Balaban J connectivity index is 1.55. The first kappa shape index (κ1) is 17.4. The van der Waals surface area contributed by atoms with Crippen molar-refractivity contribution in [1.29, 1.82) is 0 Å². The molecule has 0 aliphatic carbocycles. The Morgan fingerprint density at radius 1 is 1.23 bits per heavy atom. The van der Waals surface area contributed by atoms with Crippen LogP contribution >= 0.6 is 0 Å². The molecule has 1 heterocycles. The first-order valence-electron chi connectivity index (χ1n) is 7.99. The standard InChI is InChI=1S/C18H17N3O5/c1-12(5-6-13-7-8-16-17(9-13)26-11-25-16)19-20-18(22)14-3-2-4-15(10-14)21(23)24/h2-4,7-10H,5-6,11H2,1H3,(H,20,22)/b19-12-. The largest absolute Gasteiger partial charge is 0.454 e. The van der Waals surface area contributed by atoms with Crippen molar-refractivity contribution in [2.75, 3.05) is 6.79 Å². The molecule has 0 radical (unpaired) electrons. The number of ether oxygens (including phenoxy) is 2. The Morgan fingerprint density at radius 2 is 2.04 bits per heavy atom. The molecule has 0 unspecified atom stereocenters. The number of nitro benzene ring substituents is 1. The maximum absolute atomic E-state index is 12.1. The van der Waals surface area contributed by atoms with Crippen molar-refractivity contribution in [2.24, 2.45) is 5.10 Å². The lowest BCUT2D eigenvalue weighted by Gasteiger charge is -2.04. The minimum atomic E-state index is -0.545. The number of carbonyl (C=O) groups excluding carboxylic acids is 1. The van der Waals surface area contributed by atoms with Gasteiger partial charge in [-0.25, -0.2) is 5.43 Å². The van der Waals surface area contributed by atoms with Crippen LogP contribution in [0.5, 0.6) is 11.5 Å². The average molecular weight is 355 g/mol. The monoisotopic (exact) mass is 355 g/mol. The number of non-ortho nitro benzene ring substituents is 1. The van der Waals surface area contributed by atoms with Gasteiger partial charge < -0.3 is 9.47 Å². The molecule has 0 atom stereocenters. The molecule has 1 aliphatic heterocycles. The van der Waals surface area contributed by atoms with E-state index < -0.39 is 10.8 Å². The zero-order valence-corrected chi connectivity index (χ0v) is 14.1. The van der Waals surface area contributed by atoms with Crippen LogP contribution in [0.1, 0.15) is 29.3 Å². The Bertz CT molecular complexity index is 879. The summed E-state index contributed by atoms with van der Waals surface area (Å²) in [7, 11) is 0. The number of benzene rings is 2. The van der Waals surface area contributed by atoms with Gasteiger partial charge in [-0.05, 0) is 43.5 Å². The Morgan fingerprint density at radius 3 is 2.85 bits per heavy atom. The lowest BCUT2D eigenvalue weighted by molar-refractivity contribution is -0.384. The fraction of sp³-hybridized carbons (Fsp3) is 0.222. The molecular weight excluding hydrogens is 338 g/mol. The first-order valence-corrected chi connectivity index (χ1v) is 7.99. The molecule has 0 saturated carbocycles. The minimum Gasteiger partial charge on any atom is -0.454 e. The highest BCUT2D eigenvalue weighted by Crippen LogP contribution is 2.32. The van der Waals surface area contributed by atoms with Crippen molar-refractivity contribution in [3.63, 3.8) is 0 Å². The van der Waals surface area contributed by atoms with E-state index in [4.69, 9.17) is 9.47 Å². The molecule has 0 fully saturated rings. The van der Waals surface area contributed by atoms with Crippen LogP contribution in [-0.2, 0) is 6.42 Å². The lowest BCUT2D eigenvalue weighted by Crippen LogP contribution is -2.19. The molecule has 0 aromatic heterocycles. The maximum atomic E-state index is 12.1. The third-order valence-corrected chi connectivity index (χ3v) is 3.88. The fourth-order valence-corrected chi connectivity index (χ4v) is 2.45. The third kappa shape index (κ3) is 4.15. The van der Waals surface area contributed by atoms with Gasteiger partial charge in [-0.3, -0.25) is 14.9 Å². The van der Waals surface area contributed by atoms with Crippen molar-refractivity contribution in [3.8, 4) is 11.5 Å². The van der Waals surface area contributed by atoms with Crippen molar-refractivity contribution in [1.82, 2.24) is 5.43 Å². The summed E-state index contributed by atoms with van der Waals surface area (Å²) < 4.78 is 10.6. The number of hydrazone groups is 1. The van der Waals surface area contributed by atoms with Crippen LogP contribution in [0.25, 0.3) is 0 Å². The molecule has 0 spiro atoms. The van der Waals surface area contributed by atoms with E-state index in [0.29, 0.717) is 6.42 Å². The lowest BCUT2D eigenvalue weighted by atomic mass is 10.1. The fourth-order valence-electron chi connectivity index (χ4n) is 2.45. The number of amides is 1. The second-order valence-electron chi connectivity index (χ2n) is 5.78. The van der Waals surface area contributed by atoms with Crippen LogP contribution in [0, 0.1) is 10.1 Å². The van der Waals surface area contributed by atoms with Gasteiger partial charge in [-0.2, -0.15) is 5.10 Å². The number of fused-ring (bicyclic) bond motifs is 1. The molecule has 8 heteroatoms. The Hall–Kier alpha value is -3.42. The van der Waals surface area contributed by atoms with Crippen LogP contribution in [0.4, 0.5) is 5.69 Å². The van der Waals surface area contributed by atoms with Crippen molar-refractivity contribution in [2.45, 2.75) is 19.8 Å². The number of rotatable bonds is 6. The molecule has 2 aromatic carbocycles. The summed E-state index contributed by atoms with van der Waals surface area (Å²) >= 11 is 0. The van der Waals surface area contributed by atoms with E-state index in [-0.39, 0.29) is 18.0 Å². The van der Waals surface area contributed by atoms with E-state index in [0.717, 1.165) is 29.2 Å². The molecule has 134 valence electrons. The predicted molar refractivity (Wildman–Crippen MR) is 94.6 cm³/mol. The number of hydrogen-bond donors (Lipinski definition) is 1. The van der Waals surface area contributed by atoms with E-state index in [1.807, 2.05) is 18.2 Å². The zero-order valence-electron chi connectivity index (χ0n) is 14.1. The predicted octanol–water partition coefficient (Wildman–Crippen LogP) is 3.06. The quantitative estimate of drug-likeness (QED) is 0.487. The van der Waals surface area contributed by atoms with Crippen LogP contribution in [0.15, 0.2) is 47.6 Å². The van der Waals surface area contributed by atoms with Gasteiger partial charge in [0.1, 0.15) is 0 Å². The van der Waals surface area contributed by atoms with Crippen molar-refractivity contribution < 1.29 is 19.2 Å². The van der Waals surface area contributed by atoms with Crippen LogP contribution in [0.2, 0.25) is 0 Å². The summed E-state index contributed by atoms with van der Waals surface area (Å²) in [4.78, 5) is 22.3. The summed E-state index contributed by atoms with van der Waals surface area (Å²) in [6.45, 7) is 2.05. The number of nitrogens with one attached hydrogen (secondary N) is 1. The van der Waals surface area contributed by atoms with Gasteiger partial charge >= 0.3 is 0 Å². The molecule has 2 aromatic rings. The van der Waals surface area contributed by atoms with Crippen molar-refractivity contribution >= 4 is 17.3 Å². The number of carbonyl (C=O) groups is 1. The Kier molecular flexibility index (Phi) is 5.12. The molecular formula is C18H17N3O5. The minimum absolute atomic E-state index is 0.138. The third-order valence-electron chi connectivity index (χ3n) is 3.88. The molecule has 0 saturated heterocycles. The Labute approximate surface area is 149 Å². The molecule has 8 nitrogen and oxygen atoms in total. The second-order valence-corrected chi connectivity index (χ2v) is 5.78. The first-order chi connectivity index (χ1) is 12.5. The van der Waals surface area contributed by atoms with Gasteiger partial charge in [-0.15, -0.1) is 0 Å². The summed E-state index contributed by atoms with van der Waals surface area (Å²) in [5.74, 6) is 0.982. The van der Waals surface area contributed by atoms with E-state index in [9.17, 15) is 14.9 Å². The molecule has 1 N–H and O–H groups in total. The van der Waals surface area contributed by atoms with E-state index >= 15 is 0 Å². The SMILES string of the molecule is C/C(CCc1ccc2c(c1)OCO2)=N/NC(=O)c1cccc([N+](=O)[O-])c1. The van der Waals surface area contributed by atoms with E-state index in [2.05, 4.69) is 10.5 Å². The van der Waals surface area contributed by atoms with Gasteiger partial charge in [-0.1, -0.05) is 12.1 Å². The highest BCUT2D eigenvalue weighted by molar-refractivity contribution is 5.95. The van der Waals surface area contributed by atoms with Gasteiger partial charge in [0, 0.05) is 23.4 Å². The normalized spacial score (nSPS) is 12.7. The molecule has 0 bridgehead atoms. The van der Waals surface area contributed by atoms with Crippen molar-refractivity contribution in [3.05, 3.63) is 63.7 Å². The second kappa shape index (κ2) is 7.64. The summed E-state index contributed by atoms with van der Waals surface area (Å²) in [5, 5.41) is 14.8. The molecule has 26 heavy (non-hydrogen) atoms. The topological polar surface area (TPSA) is 103 Å². The number of nitrogens with zero attached hydrogens (tertiary/aromatic N) is 2. The van der Waals surface area contributed by atoms with E-state index in [1.165, 1.54) is 24.3 Å². The van der Waals surface area contributed by atoms with Gasteiger partial charge in [0.15, 0.2) is 11.5 Å². The number of nitro groups is 1. The molecule has 1 amide bonds. The van der Waals surface area contributed by atoms with Gasteiger partial charge in [0.25, 0.3) is 11.6 Å². The van der Waals surface area contributed by atoms with Crippen LogP contribution in [-0.4, -0.2) is 23.3 Å². The zero-order chi connectivity index (χ0) is 18.5. The van der Waals surface area contributed by atoms with Gasteiger partial charge in [0.2, 0.25) is 6.79 Å². The highest BCUT2D eigenvalue weighted by Gasteiger charge is 2.13. The number of aryl methyl sites for hydroxylation is 1. The van der Waals surface area contributed by atoms with Crippen LogP contribution < -0.4 is 14.9 Å². The average Bonchev–Trinajstić information content (AvgIpc) is 3.12. The summed E-state index contributed by atoms with van der Waals surface area (Å²) in [6.07, 6.45) is 1.38. The summed E-state index contributed by atoms with van der Waals surface area (Å²) in [5.41, 5.74) is 4.29. The molecule has 1 aliphatic rings. The highest BCUT2D eigenvalue weighted by atomic mass is 16.7.